The van der Waals surface area contributed by atoms with Crippen molar-refractivity contribution >= 4 is 29.1 Å². The van der Waals surface area contributed by atoms with Crippen molar-refractivity contribution < 1.29 is 4.79 Å². The van der Waals surface area contributed by atoms with E-state index < -0.39 is 9.75 Å². The molecule has 1 saturated heterocycles. The number of benzene rings is 1. The fourth-order valence-corrected chi connectivity index (χ4v) is 3.69. The quantitative estimate of drug-likeness (QED) is 0.832. The third-order valence-electron chi connectivity index (χ3n) is 4.84. The highest BCUT2D eigenvalue weighted by atomic mass is 35.5. The molecule has 1 atom stereocenters. The van der Waals surface area contributed by atoms with Gasteiger partial charge in [-0.25, -0.2) is 0 Å². The SMILES string of the molecule is CC1(C(=O)NCc2ccc(CN3CCCC3)cc2)CC1(Cl)Cl. The van der Waals surface area contributed by atoms with Gasteiger partial charge in [-0.05, 0) is 50.4 Å². The van der Waals surface area contributed by atoms with Crippen LogP contribution in [0.4, 0.5) is 0 Å². The number of likely N-dealkylation sites (tertiary alicyclic amines) is 1. The number of carbonyl (C=O) groups excluding carboxylic acids is 1. The highest BCUT2D eigenvalue weighted by molar-refractivity contribution is 6.53. The lowest BCUT2D eigenvalue weighted by atomic mass is 10.1. The Labute approximate surface area is 142 Å². The van der Waals surface area contributed by atoms with Gasteiger partial charge in [-0.1, -0.05) is 24.3 Å². The lowest BCUT2D eigenvalue weighted by molar-refractivity contribution is -0.125. The van der Waals surface area contributed by atoms with Gasteiger partial charge in [0.05, 0.1) is 5.41 Å². The maximum Gasteiger partial charge on any atom is 0.229 e. The van der Waals surface area contributed by atoms with Gasteiger partial charge >= 0.3 is 0 Å². The second-order valence-electron chi connectivity index (χ2n) is 6.70. The van der Waals surface area contributed by atoms with E-state index in [0.717, 1.165) is 12.1 Å². The molecule has 1 heterocycles. The van der Waals surface area contributed by atoms with E-state index in [1.807, 2.05) is 6.92 Å². The molecule has 1 aliphatic heterocycles. The molecule has 5 heteroatoms. The van der Waals surface area contributed by atoms with Gasteiger partial charge in [0.2, 0.25) is 5.91 Å². The van der Waals surface area contributed by atoms with Gasteiger partial charge in [-0.15, -0.1) is 23.2 Å². The molecule has 2 aliphatic rings. The molecule has 0 radical (unpaired) electrons. The van der Waals surface area contributed by atoms with Crippen molar-refractivity contribution in [1.29, 1.82) is 0 Å². The first-order valence-electron chi connectivity index (χ1n) is 7.87. The molecule has 0 bridgehead atoms. The van der Waals surface area contributed by atoms with Crippen molar-refractivity contribution in [2.45, 2.75) is 43.6 Å². The van der Waals surface area contributed by atoms with Crippen LogP contribution in [-0.4, -0.2) is 28.2 Å². The molecule has 1 aromatic carbocycles. The van der Waals surface area contributed by atoms with E-state index in [9.17, 15) is 4.79 Å². The summed E-state index contributed by atoms with van der Waals surface area (Å²) in [5.74, 6) is -0.0707. The summed E-state index contributed by atoms with van der Waals surface area (Å²) in [5, 5.41) is 2.93. The van der Waals surface area contributed by atoms with Crippen molar-refractivity contribution in [3.63, 3.8) is 0 Å². The second kappa shape index (κ2) is 6.03. The first-order chi connectivity index (χ1) is 10.4. The first kappa shape index (κ1) is 16.1. The number of amides is 1. The minimum Gasteiger partial charge on any atom is -0.351 e. The van der Waals surface area contributed by atoms with E-state index in [4.69, 9.17) is 23.2 Å². The van der Waals surface area contributed by atoms with E-state index in [-0.39, 0.29) is 5.91 Å². The summed E-state index contributed by atoms with van der Waals surface area (Å²) in [6.45, 7) is 5.75. The molecule has 1 saturated carbocycles. The fourth-order valence-electron chi connectivity index (χ4n) is 2.99. The van der Waals surface area contributed by atoms with Gasteiger partial charge in [0.15, 0.2) is 0 Å². The Balaban J connectivity index is 1.50. The van der Waals surface area contributed by atoms with Gasteiger partial charge < -0.3 is 5.32 Å². The predicted octanol–water partition coefficient (Wildman–Crippen LogP) is 3.48. The minimum absolute atomic E-state index is 0.0707. The second-order valence-corrected chi connectivity index (χ2v) is 8.18. The Bertz CT molecular complexity index is 552. The minimum atomic E-state index is -0.906. The molecule has 0 spiro atoms. The van der Waals surface area contributed by atoms with E-state index in [0.29, 0.717) is 13.0 Å². The molecule has 1 amide bonds. The monoisotopic (exact) mass is 340 g/mol. The molecule has 1 unspecified atom stereocenters. The lowest BCUT2D eigenvalue weighted by Crippen LogP contribution is -2.32. The Morgan fingerprint density at radius 2 is 1.73 bits per heavy atom. The average molecular weight is 341 g/mol. The summed E-state index contributed by atoms with van der Waals surface area (Å²) in [4.78, 5) is 14.6. The molecular weight excluding hydrogens is 319 g/mol. The molecule has 2 fully saturated rings. The largest absolute Gasteiger partial charge is 0.351 e. The van der Waals surface area contributed by atoms with Crippen LogP contribution in [0.2, 0.25) is 0 Å². The zero-order chi connectivity index (χ0) is 15.8. The number of nitrogens with zero attached hydrogens (tertiary/aromatic N) is 1. The molecule has 3 nitrogen and oxygen atoms in total. The number of carbonyl (C=O) groups is 1. The van der Waals surface area contributed by atoms with Crippen LogP contribution in [0.3, 0.4) is 0 Å². The van der Waals surface area contributed by atoms with Gasteiger partial charge in [0.1, 0.15) is 4.33 Å². The van der Waals surface area contributed by atoms with Crippen molar-refractivity contribution in [1.82, 2.24) is 10.2 Å². The Kier molecular flexibility index (Phi) is 4.41. The van der Waals surface area contributed by atoms with Crippen LogP contribution in [0.15, 0.2) is 24.3 Å². The van der Waals surface area contributed by atoms with Crippen LogP contribution in [-0.2, 0) is 17.9 Å². The van der Waals surface area contributed by atoms with Gasteiger partial charge in [-0.2, -0.15) is 0 Å². The zero-order valence-electron chi connectivity index (χ0n) is 12.9. The van der Waals surface area contributed by atoms with E-state index in [2.05, 4.69) is 34.5 Å². The Morgan fingerprint density at radius 1 is 1.18 bits per heavy atom. The van der Waals surface area contributed by atoms with E-state index >= 15 is 0 Å². The number of rotatable bonds is 5. The third-order valence-corrected chi connectivity index (χ3v) is 5.94. The third kappa shape index (κ3) is 3.27. The molecule has 1 aliphatic carbocycles. The molecule has 3 rings (SSSR count). The Morgan fingerprint density at radius 3 is 2.27 bits per heavy atom. The lowest BCUT2D eigenvalue weighted by Gasteiger charge is -2.15. The van der Waals surface area contributed by atoms with E-state index in [1.54, 1.807) is 0 Å². The standard InChI is InChI=1S/C17H22Cl2N2O/c1-16(12-17(16,18)19)15(22)20-10-13-4-6-14(7-5-13)11-21-8-2-3-9-21/h4-7H,2-3,8-12H2,1H3,(H,20,22). The van der Waals surface area contributed by atoms with Crippen molar-refractivity contribution in [2.24, 2.45) is 5.41 Å². The highest BCUT2D eigenvalue weighted by Crippen LogP contribution is 2.63. The van der Waals surface area contributed by atoms with Crippen LogP contribution in [0.25, 0.3) is 0 Å². The van der Waals surface area contributed by atoms with Gasteiger partial charge in [0, 0.05) is 13.1 Å². The van der Waals surface area contributed by atoms with E-state index in [1.165, 1.54) is 31.5 Å². The smallest absolute Gasteiger partial charge is 0.229 e. The highest BCUT2D eigenvalue weighted by Gasteiger charge is 2.67. The zero-order valence-corrected chi connectivity index (χ0v) is 14.4. The van der Waals surface area contributed by atoms with Crippen molar-refractivity contribution in [3.8, 4) is 0 Å². The summed E-state index contributed by atoms with van der Waals surface area (Å²) < 4.78 is -0.906. The summed E-state index contributed by atoms with van der Waals surface area (Å²) in [7, 11) is 0. The normalized spacial score (nSPS) is 26.9. The van der Waals surface area contributed by atoms with Gasteiger partial charge in [0.25, 0.3) is 0 Å². The molecular formula is C17H22Cl2N2O. The van der Waals surface area contributed by atoms with Crippen LogP contribution >= 0.6 is 23.2 Å². The van der Waals surface area contributed by atoms with Crippen LogP contribution in [0.5, 0.6) is 0 Å². The number of nitrogens with one attached hydrogen (secondary N) is 1. The van der Waals surface area contributed by atoms with Crippen molar-refractivity contribution in [3.05, 3.63) is 35.4 Å². The summed E-state index contributed by atoms with van der Waals surface area (Å²) >= 11 is 12.1. The van der Waals surface area contributed by atoms with Gasteiger partial charge in [-0.3, -0.25) is 9.69 Å². The number of alkyl halides is 2. The topological polar surface area (TPSA) is 32.3 Å². The Hall–Kier alpha value is -0.770. The first-order valence-corrected chi connectivity index (χ1v) is 8.63. The molecule has 1 N–H and O–H groups in total. The average Bonchev–Trinajstić information content (AvgIpc) is 2.83. The summed E-state index contributed by atoms with van der Waals surface area (Å²) in [6, 6.07) is 8.45. The number of hydrogen-bond donors (Lipinski definition) is 1. The van der Waals surface area contributed by atoms with Crippen LogP contribution in [0, 0.1) is 5.41 Å². The predicted molar refractivity (Wildman–Crippen MR) is 90.0 cm³/mol. The molecule has 0 aromatic heterocycles. The maximum absolute atomic E-state index is 12.1. The van der Waals surface area contributed by atoms with Crippen LogP contribution in [0.1, 0.15) is 37.3 Å². The molecule has 22 heavy (non-hydrogen) atoms. The summed E-state index contributed by atoms with van der Waals surface area (Å²) in [5.41, 5.74) is 1.77. The number of hydrogen-bond acceptors (Lipinski definition) is 2. The van der Waals surface area contributed by atoms with Crippen molar-refractivity contribution in [2.75, 3.05) is 13.1 Å². The number of halogens is 2. The maximum atomic E-state index is 12.1. The summed E-state index contributed by atoms with van der Waals surface area (Å²) in [6.07, 6.45) is 3.14. The molecule has 1 aromatic rings. The van der Waals surface area contributed by atoms with Crippen LogP contribution < -0.4 is 5.32 Å². The molecule has 120 valence electrons. The fraction of sp³-hybridized carbons (Fsp3) is 0.588.